The van der Waals surface area contributed by atoms with Crippen molar-refractivity contribution in [2.24, 2.45) is 0 Å². The summed E-state index contributed by atoms with van der Waals surface area (Å²) in [5.41, 5.74) is 7.23. The highest BCUT2D eigenvalue weighted by Crippen LogP contribution is 2.27. The molecule has 1 aromatic carbocycles. The highest BCUT2D eigenvalue weighted by atomic mass is 16.5. The van der Waals surface area contributed by atoms with E-state index in [0.717, 1.165) is 16.6 Å². The van der Waals surface area contributed by atoms with Crippen molar-refractivity contribution in [2.75, 3.05) is 5.73 Å². The minimum absolute atomic E-state index is 0.360. The lowest BCUT2D eigenvalue weighted by atomic mass is 10.2. The Morgan fingerprint density at radius 3 is 2.74 bits per heavy atom. The molecule has 0 saturated carbocycles. The third kappa shape index (κ3) is 2.30. The van der Waals surface area contributed by atoms with Gasteiger partial charge in [0.05, 0.1) is 12.4 Å². The lowest BCUT2D eigenvalue weighted by Gasteiger charge is -2.07. The number of hydrogen-bond donors (Lipinski definition) is 1. The Hall–Kier alpha value is -2.69. The summed E-state index contributed by atoms with van der Waals surface area (Å²) in [5, 5.41) is 1.02. The van der Waals surface area contributed by atoms with E-state index in [-0.39, 0.29) is 0 Å². The molecule has 0 aliphatic rings. The number of nitrogens with zero attached hydrogens (tertiary/aromatic N) is 3. The number of rotatable bonds is 2. The van der Waals surface area contributed by atoms with Gasteiger partial charge in [-0.05, 0) is 19.1 Å². The van der Waals surface area contributed by atoms with Crippen LogP contribution in [0.1, 0.15) is 5.69 Å². The Labute approximate surface area is 110 Å². The van der Waals surface area contributed by atoms with Crippen LogP contribution in [0.2, 0.25) is 0 Å². The van der Waals surface area contributed by atoms with Crippen molar-refractivity contribution < 1.29 is 4.74 Å². The van der Waals surface area contributed by atoms with E-state index in [2.05, 4.69) is 15.0 Å². The van der Waals surface area contributed by atoms with Gasteiger partial charge >= 0.3 is 0 Å². The second kappa shape index (κ2) is 4.53. The molecule has 94 valence electrons. The van der Waals surface area contributed by atoms with Gasteiger partial charge in [0.2, 0.25) is 5.88 Å². The average Bonchev–Trinajstić information content (AvgIpc) is 2.42. The summed E-state index contributed by atoms with van der Waals surface area (Å²) in [6.07, 6.45) is 2.95. The summed E-state index contributed by atoms with van der Waals surface area (Å²) in [6, 6.07) is 9.74. The zero-order chi connectivity index (χ0) is 13.2. The van der Waals surface area contributed by atoms with Gasteiger partial charge < -0.3 is 10.5 Å². The Bertz CT molecular complexity index is 725. The first-order valence-corrected chi connectivity index (χ1v) is 5.84. The molecule has 2 heterocycles. The first-order valence-electron chi connectivity index (χ1n) is 5.84. The molecule has 5 nitrogen and oxygen atoms in total. The Kier molecular flexibility index (Phi) is 2.72. The van der Waals surface area contributed by atoms with Gasteiger partial charge in [0.15, 0.2) is 5.75 Å². The van der Waals surface area contributed by atoms with E-state index in [1.54, 1.807) is 0 Å². The number of para-hydroxylation sites is 1. The molecule has 3 aromatic rings. The molecule has 0 aliphatic heterocycles. The monoisotopic (exact) mass is 252 g/mol. The number of aromatic nitrogens is 3. The summed E-state index contributed by atoms with van der Waals surface area (Å²) in [5.74, 6) is 1.41. The quantitative estimate of drug-likeness (QED) is 0.759. The number of nitrogens with two attached hydrogens (primary N) is 1. The number of aryl methyl sites for hydroxylation is 1. The third-order valence-electron chi connectivity index (χ3n) is 2.69. The molecule has 3 rings (SSSR count). The molecule has 0 saturated heterocycles. The molecule has 0 fully saturated rings. The van der Waals surface area contributed by atoms with Gasteiger partial charge in [-0.3, -0.25) is 0 Å². The number of hydrogen-bond acceptors (Lipinski definition) is 5. The fourth-order valence-corrected chi connectivity index (χ4v) is 1.79. The fourth-order valence-electron chi connectivity index (χ4n) is 1.79. The highest BCUT2D eigenvalue weighted by Gasteiger charge is 2.06. The highest BCUT2D eigenvalue weighted by molar-refractivity contribution is 5.84. The van der Waals surface area contributed by atoms with Gasteiger partial charge in [-0.25, -0.2) is 15.0 Å². The van der Waals surface area contributed by atoms with Crippen LogP contribution in [-0.2, 0) is 0 Å². The minimum Gasteiger partial charge on any atom is -0.435 e. The summed E-state index contributed by atoms with van der Waals surface area (Å²) in [4.78, 5) is 12.5. The van der Waals surface area contributed by atoms with Crippen LogP contribution in [-0.4, -0.2) is 15.0 Å². The predicted molar refractivity (Wildman–Crippen MR) is 73.0 cm³/mol. The summed E-state index contributed by atoms with van der Waals surface area (Å²) >= 11 is 0. The van der Waals surface area contributed by atoms with E-state index in [9.17, 15) is 0 Å². The zero-order valence-electron chi connectivity index (χ0n) is 10.4. The molecule has 0 bridgehead atoms. The molecule has 2 N–H and O–H groups in total. The van der Waals surface area contributed by atoms with Crippen LogP contribution in [0.25, 0.3) is 10.9 Å². The van der Waals surface area contributed by atoms with Crippen LogP contribution in [0.15, 0.2) is 42.7 Å². The molecule has 19 heavy (non-hydrogen) atoms. The van der Waals surface area contributed by atoms with Crippen molar-refractivity contribution in [1.29, 1.82) is 0 Å². The molecular weight excluding hydrogens is 240 g/mol. The van der Waals surface area contributed by atoms with Gasteiger partial charge in [-0.2, -0.15) is 0 Å². The summed E-state index contributed by atoms with van der Waals surface area (Å²) in [6.45, 7) is 1.94. The Morgan fingerprint density at radius 2 is 1.95 bits per heavy atom. The number of benzene rings is 1. The molecule has 0 amide bonds. The lowest BCUT2D eigenvalue weighted by Crippen LogP contribution is -1.95. The first-order chi connectivity index (χ1) is 9.22. The normalized spacial score (nSPS) is 10.6. The first kappa shape index (κ1) is 11.4. The lowest BCUT2D eigenvalue weighted by molar-refractivity contribution is 0.464. The number of ether oxygens (including phenoxy) is 1. The maximum absolute atomic E-state index is 5.71. The maximum Gasteiger partial charge on any atom is 0.238 e. The van der Waals surface area contributed by atoms with Crippen LogP contribution in [0.5, 0.6) is 11.6 Å². The van der Waals surface area contributed by atoms with Gasteiger partial charge in [0, 0.05) is 11.1 Å². The van der Waals surface area contributed by atoms with Crippen molar-refractivity contribution in [1.82, 2.24) is 15.0 Å². The summed E-state index contributed by atoms with van der Waals surface area (Å²) in [7, 11) is 0. The minimum atomic E-state index is 0.360. The molecular formula is C14H12N4O. The summed E-state index contributed by atoms with van der Waals surface area (Å²) < 4.78 is 5.71. The topological polar surface area (TPSA) is 73.9 Å². The fraction of sp³-hybridized carbons (Fsp3) is 0.0714. The van der Waals surface area contributed by atoms with E-state index < -0.39 is 0 Å². The van der Waals surface area contributed by atoms with Crippen molar-refractivity contribution >= 4 is 16.7 Å². The smallest absolute Gasteiger partial charge is 0.238 e. The Morgan fingerprint density at radius 1 is 1.05 bits per heavy atom. The number of pyridine rings is 1. The van der Waals surface area contributed by atoms with Crippen LogP contribution >= 0.6 is 0 Å². The second-order valence-electron chi connectivity index (χ2n) is 4.16. The standard InChI is InChI=1S/C14H12N4O/c1-9-5-6-10-3-2-4-11(14(10)18-9)19-13-8-16-12(15)7-17-13/h2-8H,1H3,(H2,15,16). The second-order valence-corrected chi connectivity index (χ2v) is 4.16. The number of fused-ring (bicyclic) bond motifs is 1. The molecule has 0 atom stereocenters. The van der Waals surface area contributed by atoms with Crippen molar-refractivity contribution in [3.8, 4) is 11.6 Å². The van der Waals surface area contributed by atoms with E-state index >= 15 is 0 Å². The van der Waals surface area contributed by atoms with Gasteiger partial charge in [-0.15, -0.1) is 0 Å². The van der Waals surface area contributed by atoms with E-state index in [4.69, 9.17) is 10.5 Å². The zero-order valence-corrected chi connectivity index (χ0v) is 10.4. The van der Waals surface area contributed by atoms with Crippen molar-refractivity contribution in [2.45, 2.75) is 6.92 Å². The predicted octanol–water partition coefficient (Wildman–Crippen LogP) is 2.71. The van der Waals surface area contributed by atoms with E-state index in [1.807, 2.05) is 37.3 Å². The van der Waals surface area contributed by atoms with Gasteiger partial charge in [0.25, 0.3) is 0 Å². The van der Waals surface area contributed by atoms with E-state index in [1.165, 1.54) is 12.4 Å². The molecule has 2 aromatic heterocycles. The molecule has 0 unspecified atom stereocenters. The SMILES string of the molecule is Cc1ccc2cccc(Oc3cnc(N)cn3)c2n1. The molecule has 5 heteroatoms. The van der Waals surface area contributed by atoms with Crippen LogP contribution < -0.4 is 10.5 Å². The van der Waals surface area contributed by atoms with E-state index in [0.29, 0.717) is 17.4 Å². The van der Waals surface area contributed by atoms with Crippen LogP contribution in [0.4, 0.5) is 5.82 Å². The van der Waals surface area contributed by atoms with Gasteiger partial charge in [0.1, 0.15) is 11.3 Å². The number of anilines is 1. The molecule has 0 spiro atoms. The third-order valence-corrected chi connectivity index (χ3v) is 2.69. The van der Waals surface area contributed by atoms with Gasteiger partial charge in [-0.1, -0.05) is 18.2 Å². The average molecular weight is 252 g/mol. The van der Waals surface area contributed by atoms with Crippen LogP contribution in [0, 0.1) is 6.92 Å². The van der Waals surface area contributed by atoms with Crippen molar-refractivity contribution in [3.05, 3.63) is 48.4 Å². The molecule has 0 radical (unpaired) electrons. The van der Waals surface area contributed by atoms with Crippen LogP contribution in [0.3, 0.4) is 0 Å². The Balaban J connectivity index is 2.05. The largest absolute Gasteiger partial charge is 0.435 e. The molecule has 0 aliphatic carbocycles. The maximum atomic E-state index is 5.71. The van der Waals surface area contributed by atoms with Crippen molar-refractivity contribution in [3.63, 3.8) is 0 Å². The number of nitrogen functional groups attached to an aromatic ring is 1.